The minimum atomic E-state index is -0.258. The smallest absolute Gasteiger partial charge is 0.145 e. The SMILES string of the molecule is CCCC(CCC)Nc1ccc(F)cc1OCC. The van der Waals surface area contributed by atoms with Crippen LogP contribution in [0.25, 0.3) is 0 Å². The van der Waals surface area contributed by atoms with Gasteiger partial charge in [0, 0.05) is 12.1 Å². The largest absolute Gasteiger partial charge is 0.492 e. The molecule has 1 rings (SSSR count). The second-order valence-electron chi connectivity index (χ2n) is 4.49. The predicted molar refractivity (Wildman–Crippen MR) is 74.8 cm³/mol. The Balaban J connectivity index is 2.79. The van der Waals surface area contributed by atoms with Crippen molar-refractivity contribution in [3.63, 3.8) is 0 Å². The van der Waals surface area contributed by atoms with Crippen molar-refractivity contribution in [2.45, 2.75) is 52.5 Å². The van der Waals surface area contributed by atoms with Crippen molar-refractivity contribution in [2.24, 2.45) is 0 Å². The van der Waals surface area contributed by atoms with Gasteiger partial charge >= 0.3 is 0 Å². The van der Waals surface area contributed by atoms with Crippen molar-refractivity contribution in [1.29, 1.82) is 0 Å². The molecule has 0 atom stereocenters. The zero-order valence-corrected chi connectivity index (χ0v) is 11.6. The molecule has 0 saturated carbocycles. The molecule has 0 saturated heterocycles. The quantitative estimate of drug-likeness (QED) is 0.730. The molecule has 0 aromatic heterocycles. The van der Waals surface area contributed by atoms with Crippen LogP contribution in [0.3, 0.4) is 0 Å². The molecule has 1 N–H and O–H groups in total. The van der Waals surface area contributed by atoms with Crippen molar-refractivity contribution in [2.75, 3.05) is 11.9 Å². The lowest BCUT2D eigenvalue weighted by molar-refractivity contribution is 0.339. The monoisotopic (exact) mass is 253 g/mol. The number of benzene rings is 1. The summed E-state index contributed by atoms with van der Waals surface area (Å²) in [6, 6.07) is 5.11. The fourth-order valence-corrected chi connectivity index (χ4v) is 2.10. The number of rotatable bonds is 8. The molecule has 0 aliphatic rings. The predicted octanol–water partition coefficient (Wildman–Crippen LogP) is 4.61. The maximum Gasteiger partial charge on any atom is 0.145 e. The van der Waals surface area contributed by atoms with Crippen molar-refractivity contribution in [1.82, 2.24) is 0 Å². The molecule has 2 nitrogen and oxygen atoms in total. The summed E-state index contributed by atoms with van der Waals surface area (Å²) in [6.07, 6.45) is 4.53. The molecule has 102 valence electrons. The summed E-state index contributed by atoms with van der Waals surface area (Å²) in [5, 5.41) is 3.47. The molecule has 0 radical (unpaired) electrons. The van der Waals surface area contributed by atoms with Crippen molar-refractivity contribution < 1.29 is 9.13 Å². The second-order valence-corrected chi connectivity index (χ2v) is 4.49. The average molecular weight is 253 g/mol. The zero-order valence-electron chi connectivity index (χ0n) is 11.6. The van der Waals surface area contributed by atoms with Crippen LogP contribution in [0.15, 0.2) is 18.2 Å². The van der Waals surface area contributed by atoms with Crippen LogP contribution in [-0.4, -0.2) is 12.6 Å². The Morgan fingerprint density at radius 1 is 1.17 bits per heavy atom. The summed E-state index contributed by atoms with van der Waals surface area (Å²) in [7, 11) is 0. The first kappa shape index (κ1) is 14.8. The minimum Gasteiger partial charge on any atom is -0.492 e. The van der Waals surface area contributed by atoms with Gasteiger partial charge in [0.2, 0.25) is 0 Å². The molecule has 0 unspecified atom stereocenters. The highest BCUT2D eigenvalue weighted by Gasteiger charge is 2.10. The highest BCUT2D eigenvalue weighted by molar-refractivity contribution is 5.57. The fourth-order valence-electron chi connectivity index (χ4n) is 2.10. The maximum absolute atomic E-state index is 13.2. The Hall–Kier alpha value is -1.25. The van der Waals surface area contributed by atoms with Crippen molar-refractivity contribution in [3.8, 4) is 5.75 Å². The normalized spacial score (nSPS) is 10.7. The van der Waals surface area contributed by atoms with Gasteiger partial charge in [0.15, 0.2) is 0 Å². The molecule has 0 heterocycles. The second kappa shape index (κ2) is 7.96. The molecule has 0 fully saturated rings. The Bertz CT molecular complexity index is 348. The lowest BCUT2D eigenvalue weighted by Gasteiger charge is -2.20. The number of halogens is 1. The van der Waals surface area contributed by atoms with Crippen LogP contribution in [0, 0.1) is 5.82 Å². The molecule has 1 aromatic rings. The number of nitrogens with one attached hydrogen (secondary N) is 1. The number of anilines is 1. The van der Waals surface area contributed by atoms with E-state index < -0.39 is 0 Å². The van der Waals surface area contributed by atoms with Crippen LogP contribution in [0.4, 0.5) is 10.1 Å². The Labute approximate surface area is 110 Å². The van der Waals surface area contributed by atoms with Crippen LogP contribution < -0.4 is 10.1 Å². The summed E-state index contributed by atoms with van der Waals surface area (Å²) < 4.78 is 18.7. The summed E-state index contributed by atoms with van der Waals surface area (Å²) in [5.41, 5.74) is 0.894. The van der Waals surface area contributed by atoms with Gasteiger partial charge in [-0.3, -0.25) is 0 Å². The van der Waals surface area contributed by atoms with Gasteiger partial charge < -0.3 is 10.1 Å². The van der Waals surface area contributed by atoms with E-state index in [1.807, 2.05) is 6.92 Å². The zero-order chi connectivity index (χ0) is 13.4. The van der Waals surface area contributed by atoms with Crippen LogP contribution in [-0.2, 0) is 0 Å². The molecule has 0 spiro atoms. The third-order valence-electron chi connectivity index (χ3n) is 2.88. The van der Waals surface area contributed by atoms with Gasteiger partial charge in [-0.2, -0.15) is 0 Å². The molecule has 18 heavy (non-hydrogen) atoms. The first-order chi connectivity index (χ1) is 8.71. The molecule has 0 amide bonds. The molecule has 0 aliphatic heterocycles. The van der Waals surface area contributed by atoms with Crippen molar-refractivity contribution in [3.05, 3.63) is 24.0 Å². The van der Waals surface area contributed by atoms with Crippen LogP contribution >= 0.6 is 0 Å². The van der Waals surface area contributed by atoms with E-state index in [1.165, 1.54) is 12.1 Å². The standard InChI is InChI=1S/C15H24FNO/c1-4-7-13(8-5-2)17-14-10-9-12(16)11-15(14)18-6-3/h9-11,13,17H,4-8H2,1-3H3. The molecular weight excluding hydrogens is 229 g/mol. The van der Waals surface area contributed by atoms with E-state index in [9.17, 15) is 4.39 Å². The van der Waals surface area contributed by atoms with Crippen LogP contribution in [0.5, 0.6) is 5.75 Å². The molecule has 3 heteroatoms. The van der Waals surface area contributed by atoms with Gasteiger partial charge in [0.25, 0.3) is 0 Å². The van der Waals surface area contributed by atoms with Gasteiger partial charge in [0.1, 0.15) is 11.6 Å². The highest BCUT2D eigenvalue weighted by atomic mass is 19.1. The third kappa shape index (κ3) is 4.55. The van der Waals surface area contributed by atoms with Gasteiger partial charge in [-0.1, -0.05) is 26.7 Å². The third-order valence-corrected chi connectivity index (χ3v) is 2.88. The highest BCUT2D eigenvalue weighted by Crippen LogP contribution is 2.27. The molecule has 0 bridgehead atoms. The van der Waals surface area contributed by atoms with E-state index in [-0.39, 0.29) is 5.82 Å². The first-order valence-corrected chi connectivity index (χ1v) is 6.90. The van der Waals surface area contributed by atoms with Gasteiger partial charge in [-0.05, 0) is 31.9 Å². The Morgan fingerprint density at radius 2 is 1.83 bits per heavy atom. The summed E-state index contributed by atoms with van der Waals surface area (Å²) in [5.74, 6) is 0.348. The van der Waals surface area contributed by atoms with Gasteiger partial charge in [-0.25, -0.2) is 4.39 Å². The Morgan fingerprint density at radius 3 is 2.39 bits per heavy atom. The molecule has 0 aliphatic carbocycles. The van der Waals surface area contributed by atoms with E-state index in [2.05, 4.69) is 19.2 Å². The van der Waals surface area contributed by atoms with Gasteiger partial charge in [-0.15, -0.1) is 0 Å². The minimum absolute atomic E-state index is 0.258. The van der Waals surface area contributed by atoms with Crippen molar-refractivity contribution >= 4 is 5.69 Å². The molecular formula is C15H24FNO. The number of hydrogen-bond donors (Lipinski definition) is 1. The van der Waals surface area contributed by atoms with E-state index in [0.29, 0.717) is 18.4 Å². The van der Waals surface area contributed by atoms with Gasteiger partial charge in [0.05, 0.1) is 12.3 Å². The number of ether oxygens (including phenoxy) is 1. The lowest BCUT2D eigenvalue weighted by Crippen LogP contribution is -2.19. The lowest BCUT2D eigenvalue weighted by atomic mass is 10.1. The van der Waals surface area contributed by atoms with E-state index in [1.54, 1.807) is 6.07 Å². The summed E-state index contributed by atoms with van der Waals surface area (Å²) in [4.78, 5) is 0. The summed E-state index contributed by atoms with van der Waals surface area (Å²) >= 11 is 0. The molecule has 1 aromatic carbocycles. The van der Waals surface area contributed by atoms with E-state index >= 15 is 0 Å². The summed E-state index contributed by atoms with van der Waals surface area (Å²) in [6.45, 7) is 6.81. The van der Waals surface area contributed by atoms with Crippen LogP contribution in [0.2, 0.25) is 0 Å². The average Bonchev–Trinajstić information content (AvgIpc) is 2.33. The van der Waals surface area contributed by atoms with Crippen LogP contribution in [0.1, 0.15) is 46.5 Å². The maximum atomic E-state index is 13.2. The van der Waals surface area contributed by atoms with E-state index in [0.717, 1.165) is 31.4 Å². The van der Waals surface area contributed by atoms with E-state index in [4.69, 9.17) is 4.74 Å². The topological polar surface area (TPSA) is 21.3 Å². The fraction of sp³-hybridized carbons (Fsp3) is 0.600. The Kier molecular flexibility index (Phi) is 6.55. The first-order valence-electron chi connectivity index (χ1n) is 6.90. The number of hydrogen-bond acceptors (Lipinski definition) is 2.